The van der Waals surface area contributed by atoms with Crippen LogP contribution in [0.1, 0.15) is 92.1 Å². The van der Waals surface area contributed by atoms with Crippen molar-refractivity contribution in [3.05, 3.63) is 60.7 Å². The van der Waals surface area contributed by atoms with Gasteiger partial charge in [0.25, 0.3) is 0 Å². The molecule has 3 rings (SSSR count). The maximum Gasteiger partial charge on any atom is 0.328 e. The Labute approximate surface area is 215 Å². The van der Waals surface area contributed by atoms with Gasteiger partial charge in [-0.1, -0.05) is 91.5 Å². The second-order valence-corrected chi connectivity index (χ2v) is 8.73. The first-order chi connectivity index (χ1) is 17.0. The summed E-state index contributed by atoms with van der Waals surface area (Å²) in [7, 11) is 2.10. The summed E-state index contributed by atoms with van der Waals surface area (Å²) in [6.45, 7) is 18.3. The molecule has 1 saturated heterocycles. The van der Waals surface area contributed by atoms with Gasteiger partial charge in [-0.15, -0.1) is 0 Å². The van der Waals surface area contributed by atoms with Crippen LogP contribution in [0.15, 0.2) is 49.3 Å². The van der Waals surface area contributed by atoms with Crippen LogP contribution in [0.2, 0.25) is 0 Å². The van der Waals surface area contributed by atoms with Gasteiger partial charge in [0, 0.05) is 25.0 Å². The van der Waals surface area contributed by atoms with Gasteiger partial charge in [-0.2, -0.15) is 0 Å². The Kier molecular flexibility index (Phi) is 18.9. The highest BCUT2D eigenvalue weighted by Gasteiger charge is 2.29. The number of hydrogen-bond acceptors (Lipinski definition) is 2. The zero-order chi connectivity index (χ0) is 26.6. The zero-order valence-corrected chi connectivity index (χ0v) is 23.6. The Balaban J connectivity index is 0.000000878. The molecule has 0 radical (unpaired) electrons. The number of allylic oxidation sites excluding steroid dienone is 1. The van der Waals surface area contributed by atoms with Crippen molar-refractivity contribution in [1.82, 2.24) is 14.7 Å². The number of carbonyl (C=O) groups is 1. The number of nitrogens with zero attached hydrogens (tertiary/aromatic N) is 3. The molecule has 1 aromatic carbocycles. The molecule has 35 heavy (non-hydrogen) atoms. The van der Waals surface area contributed by atoms with Crippen LogP contribution in [0.5, 0.6) is 0 Å². The van der Waals surface area contributed by atoms with E-state index in [1.807, 2.05) is 45.6 Å². The molecule has 1 aliphatic heterocycles. The molecular formula is C30H52FN3O. The van der Waals surface area contributed by atoms with Crippen molar-refractivity contribution in [3.8, 4) is 0 Å². The lowest BCUT2D eigenvalue weighted by Crippen LogP contribution is -2.48. The quantitative estimate of drug-likeness (QED) is 0.384. The third-order valence-electron chi connectivity index (χ3n) is 6.29. The fourth-order valence-corrected chi connectivity index (χ4v) is 4.15. The van der Waals surface area contributed by atoms with E-state index in [0.717, 1.165) is 37.4 Å². The van der Waals surface area contributed by atoms with E-state index >= 15 is 0 Å². The summed E-state index contributed by atoms with van der Waals surface area (Å²) in [6.07, 6.45) is 14.3. The van der Waals surface area contributed by atoms with Crippen LogP contribution >= 0.6 is 0 Å². The first kappa shape index (κ1) is 32.9. The number of amides is 2. The van der Waals surface area contributed by atoms with Gasteiger partial charge in [0.15, 0.2) is 0 Å². The molecule has 0 N–H and O–H groups in total. The van der Waals surface area contributed by atoms with Gasteiger partial charge < -0.3 is 9.80 Å². The van der Waals surface area contributed by atoms with Gasteiger partial charge in [0.1, 0.15) is 5.82 Å². The van der Waals surface area contributed by atoms with E-state index in [9.17, 15) is 9.18 Å². The summed E-state index contributed by atoms with van der Waals surface area (Å²) in [6, 6.07) is 6.42. The van der Waals surface area contributed by atoms with E-state index in [1.165, 1.54) is 55.3 Å². The van der Waals surface area contributed by atoms with Crippen LogP contribution in [0.25, 0.3) is 0 Å². The highest BCUT2D eigenvalue weighted by molar-refractivity contribution is 5.77. The van der Waals surface area contributed by atoms with Gasteiger partial charge in [-0.25, -0.2) is 9.18 Å². The smallest absolute Gasteiger partial charge is 0.317 e. The predicted molar refractivity (Wildman–Crippen MR) is 150 cm³/mol. The van der Waals surface area contributed by atoms with E-state index in [2.05, 4.69) is 25.5 Å². The van der Waals surface area contributed by atoms with E-state index in [-0.39, 0.29) is 17.9 Å². The standard InChI is InChI=1S/C19H26FN3O.C7H14.2C2H6/c1-4-12-22(5-2)19(24)23(18-10-13-21(3)14-11-18)15-16-6-8-17(20)9-7-16;1-2-4-7-5-3-6-7;2*1-2/h4-9,12,18H,2,10-11,13-15H2,1,3H3;7H,2-6H2,1H3;2*1-2H3/b12-4-;;;. The molecule has 200 valence electrons. The topological polar surface area (TPSA) is 26.8 Å². The van der Waals surface area contributed by atoms with Crippen molar-refractivity contribution in [2.45, 2.75) is 99.1 Å². The minimum Gasteiger partial charge on any atom is -0.317 e. The van der Waals surface area contributed by atoms with Crippen molar-refractivity contribution < 1.29 is 9.18 Å². The van der Waals surface area contributed by atoms with E-state index in [1.54, 1.807) is 18.3 Å². The second kappa shape index (κ2) is 20.1. The number of benzene rings is 1. The highest BCUT2D eigenvalue weighted by Crippen LogP contribution is 2.29. The Hall–Kier alpha value is -2.14. The van der Waals surface area contributed by atoms with E-state index < -0.39 is 0 Å². The summed E-state index contributed by atoms with van der Waals surface area (Å²) in [5, 5.41) is 0. The molecule has 0 spiro atoms. The largest absolute Gasteiger partial charge is 0.328 e. The van der Waals surface area contributed by atoms with Gasteiger partial charge in [0.05, 0.1) is 0 Å². The summed E-state index contributed by atoms with van der Waals surface area (Å²) in [4.78, 5) is 18.6. The van der Waals surface area contributed by atoms with Gasteiger partial charge in [-0.3, -0.25) is 4.90 Å². The van der Waals surface area contributed by atoms with Crippen molar-refractivity contribution >= 4 is 6.03 Å². The molecule has 2 fully saturated rings. The molecule has 5 heteroatoms. The Morgan fingerprint density at radius 2 is 1.66 bits per heavy atom. The van der Waals surface area contributed by atoms with Crippen LogP contribution in [-0.4, -0.2) is 46.9 Å². The molecule has 1 saturated carbocycles. The van der Waals surface area contributed by atoms with Crippen molar-refractivity contribution in [1.29, 1.82) is 0 Å². The van der Waals surface area contributed by atoms with Crippen molar-refractivity contribution in [2.24, 2.45) is 5.92 Å². The Morgan fingerprint density at radius 1 is 1.09 bits per heavy atom. The number of halogens is 1. The van der Waals surface area contributed by atoms with Gasteiger partial charge in [-0.05, 0) is 63.5 Å². The lowest BCUT2D eigenvalue weighted by molar-refractivity contribution is 0.116. The average Bonchev–Trinajstić information content (AvgIpc) is 2.87. The summed E-state index contributed by atoms with van der Waals surface area (Å²) in [5.41, 5.74) is 0.924. The Morgan fingerprint density at radius 3 is 2.06 bits per heavy atom. The van der Waals surface area contributed by atoms with E-state index in [0.29, 0.717) is 6.54 Å². The lowest BCUT2D eigenvalue weighted by Gasteiger charge is -2.38. The summed E-state index contributed by atoms with van der Waals surface area (Å²) < 4.78 is 13.1. The van der Waals surface area contributed by atoms with Crippen LogP contribution in [0.3, 0.4) is 0 Å². The first-order valence-electron chi connectivity index (χ1n) is 13.8. The van der Waals surface area contributed by atoms with Crippen LogP contribution in [0, 0.1) is 11.7 Å². The third kappa shape index (κ3) is 12.4. The summed E-state index contributed by atoms with van der Waals surface area (Å²) in [5.74, 6) is 0.863. The maximum atomic E-state index is 13.1. The average molecular weight is 490 g/mol. The molecule has 1 aromatic rings. The number of hydrogen-bond donors (Lipinski definition) is 0. The minimum atomic E-state index is -0.266. The van der Waals surface area contributed by atoms with Crippen LogP contribution in [-0.2, 0) is 6.54 Å². The molecule has 1 heterocycles. The maximum absolute atomic E-state index is 13.1. The second-order valence-electron chi connectivity index (χ2n) is 8.73. The Bertz CT molecular complexity index is 692. The number of piperidine rings is 1. The van der Waals surface area contributed by atoms with Crippen molar-refractivity contribution in [3.63, 3.8) is 0 Å². The first-order valence-corrected chi connectivity index (χ1v) is 13.8. The third-order valence-corrected chi connectivity index (χ3v) is 6.29. The molecule has 4 nitrogen and oxygen atoms in total. The fourth-order valence-electron chi connectivity index (χ4n) is 4.15. The fraction of sp³-hybridized carbons (Fsp3) is 0.633. The van der Waals surface area contributed by atoms with Crippen LogP contribution in [0.4, 0.5) is 9.18 Å². The minimum absolute atomic E-state index is 0.0954. The normalized spacial score (nSPS) is 15.9. The number of rotatable bonds is 7. The number of likely N-dealkylation sites (tertiary alicyclic amines) is 1. The molecule has 2 aliphatic rings. The highest BCUT2D eigenvalue weighted by atomic mass is 19.1. The number of carbonyl (C=O) groups excluding carboxylic acids is 1. The molecule has 1 aliphatic carbocycles. The van der Waals surface area contributed by atoms with Gasteiger partial charge in [0.2, 0.25) is 0 Å². The monoisotopic (exact) mass is 489 g/mol. The molecule has 0 atom stereocenters. The SMILES string of the molecule is C=CN(/C=C\C)C(=O)N(Cc1ccc(F)cc1)C1CCN(C)CC1.CC.CC.CCCC1CCC1. The molecule has 0 unspecified atom stereocenters. The lowest BCUT2D eigenvalue weighted by atomic mass is 9.82. The zero-order valence-electron chi connectivity index (χ0n) is 23.6. The number of urea groups is 1. The van der Waals surface area contributed by atoms with Gasteiger partial charge >= 0.3 is 6.03 Å². The molecule has 0 bridgehead atoms. The van der Waals surface area contributed by atoms with E-state index in [4.69, 9.17) is 0 Å². The van der Waals surface area contributed by atoms with Crippen LogP contribution < -0.4 is 0 Å². The molecular weight excluding hydrogens is 437 g/mol. The molecule has 2 amide bonds. The molecule has 0 aromatic heterocycles. The predicted octanol–water partition coefficient (Wildman–Crippen LogP) is 8.46. The van der Waals surface area contributed by atoms with Crippen molar-refractivity contribution in [2.75, 3.05) is 20.1 Å². The summed E-state index contributed by atoms with van der Waals surface area (Å²) >= 11 is 0.